The van der Waals surface area contributed by atoms with Crippen molar-refractivity contribution in [2.24, 2.45) is 0 Å². The number of rotatable bonds is 4. The summed E-state index contributed by atoms with van der Waals surface area (Å²) in [6.07, 6.45) is 0. The first kappa shape index (κ1) is 27.4. The van der Waals surface area contributed by atoms with Gasteiger partial charge in [0, 0.05) is 32.7 Å². The van der Waals surface area contributed by atoms with Crippen molar-refractivity contribution in [1.82, 2.24) is 19.9 Å². The highest BCUT2D eigenvalue weighted by Gasteiger charge is 2.19. The van der Waals surface area contributed by atoms with Crippen LogP contribution in [0.5, 0.6) is 0 Å². The number of aromatic nitrogens is 4. The van der Waals surface area contributed by atoms with Crippen LogP contribution in [0.25, 0.3) is 99.8 Å². The second-order valence-corrected chi connectivity index (χ2v) is 12.2. The van der Waals surface area contributed by atoms with Crippen molar-refractivity contribution in [2.75, 3.05) is 0 Å². The first-order valence-electron chi connectivity index (χ1n) is 16.3. The number of para-hydroxylation sites is 1. The molecular formula is C44H26N4O. The number of fused-ring (bicyclic) bond motifs is 8. The predicted octanol–water partition coefficient (Wildman–Crippen LogP) is 11.3. The van der Waals surface area contributed by atoms with Crippen molar-refractivity contribution in [3.8, 4) is 45.4 Å². The van der Waals surface area contributed by atoms with Gasteiger partial charge in [0.25, 0.3) is 0 Å². The van der Waals surface area contributed by atoms with E-state index in [-0.39, 0.29) is 0 Å². The van der Waals surface area contributed by atoms with Crippen LogP contribution in [0.4, 0.5) is 0 Å². The molecular weight excluding hydrogens is 601 g/mol. The van der Waals surface area contributed by atoms with Gasteiger partial charge in [-0.25, -0.2) is 19.9 Å². The van der Waals surface area contributed by atoms with Gasteiger partial charge in [0.15, 0.2) is 17.5 Å². The molecule has 10 rings (SSSR count). The molecule has 5 heteroatoms. The lowest BCUT2D eigenvalue weighted by Gasteiger charge is -2.13. The van der Waals surface area contributed by atoms with Crippen LogP contribution in [0.2, 0.25) is 0 Å². The molecule has 0 spiro atoms. The van der Waals surface area contributed by atoms with Gasteiger partial charge in [-0.2, -0.15) is 0 Å². The number of benzene rings is 7. The second kappa shape index (κ2) is 10.9. The number of hydrogen-bond acceptors (Lipinski definition) is 5. The minimum atomic E-state index is 0.536. The fourth-order valence-electron chi connectivity index (χ4n) is 7.04. The summed E-state index contributed by atoms with van der Waals surface area (Å²) in [6.45, 7) is 0. The molecule has 0 atom stereocenters. The van der Waals surface area contributed by atoms with Crippen LogP contribution in [0, 0.1) is 0 Å². The second-order valence-electron chi connectivity index (χ2n) is 12.2. The van der Waals surface area contributed by atoms with E-state index in [0.717, 1.165) is 71.6 Å². The van der Waals surface area contributed by atoms with E-state index in [2.05, 4.69) is 97.1 Å². The van der Waals surface area contributed by atoms with Crippen molar-refractivity contribution in [2.45, 2.75) is 0 Å². The van der Waals surface area contributed by atoms with E-state index < -0.39 is 0 Å². The lowest BCUT2D eigenvalue weighted by molar-refractivity contribution is 0.669. The van der Waals surface area contributed by atoms with Gasteiger partial charge < -0.3 is 4.42 Å². The largest absolute Gasteiger partial charge is 0.456 e. The third kappa shape index (κ3) is 4.48. The van der Waals surface area contributed by atoms with E-state index in [9.17, 15) is 0 Å². The molecule has 7 aromatic carbocycles. The fraction of sp³-hybridized carbons (Fsp3) is 0. The molecule has 0 amide bonds. The van der Waals surface area contributed by atoms with Crippen LogP contribution in [-0.4, -0.2) is 19.9 Å². The molecule has 0 aliphatic rings. The van der Waals surface area contributed by atoms with E-state index in [1.807, 2.05) is 60.7 Å². The SMILES string of the molecule is c1ccc(-c2nc(-c3ccc(-c4cccc5oc6ccccc6c45)cc3)nc(-c3nc4ccc5ccccc5c4c4ccccc34)n2)cc1. The molecule has 49 heavy (non-hydrogen) atoms. The quantitative estimate of drug-likeness (QED) is 0.182. The Bertz CT molecular complexity index is 2880. The van der Waals surface area contributed by atoms with Crippen LogP contribution >= 0.6 is 0 Å². The molecule has 0 N–H and O–H groups in total. The maximum atomic E-state index is 6.16. The average molecular weight is 627 g/mol. The van der Waals surface area contributed by atoms with Gasteiger partial charge in [-0.05, 0) is 45.5 Å². The van der Waals surface area contributed by atoms with Crippen molar-refractivity contribution >= 4 is 54.4 Å². The Labute approximate surface area is 281 Å². The fourth-order valence-corrected chi connectivity index (χ4v) is 7.04. The average Bonchev–Trinajstić information content (AvgIpc) is 3.57. The molecule has 0 aliphatic heterocycles. The Balaban J connectivity index is 1.16. The highest BCUT2D eigenvalue weighted by molar-refractivity contribution is 6.21. The molecule has 0 saturated heterocycles. The topological polar surface area (TPSA) is 64.7 Å². The Hall–Kier alpha value is -6.72. The van der Waals surface area contributed by atoms with E-state index >= 15 is 0 Å². The molecule has 10 aromatic rings. The molecule has 3 heterocycles. The van der Waals surface area contributed by atoms with Gasteiger partial charge in [-0.3, -0.25) is 0 Å². The van der Waals surface area contributed by atoms with E-state index in [1.165, 1.54) is 10.8 Å². The van der Waals surface area contributed by atoms with Gasteiger partial charge in [0.2, 0.25) is 0 Å². The summed E-state index contributed by atoms with van der Waals surface area (Å²) in [5.41, 5.74) is 7.41. The van der Waals surface area contributed by atoms with Crippen LogP contribution < -0.4 is 0 Å². The van der Waals surface area contributed by atoms with Crippen molar-refractivity contribution < 1.29 is 4.42 Å². The zero-order valence-corrected chi connectivity index (χ0v) is 26.2. The number of hydrogen-bond donors (Lipinski definition) is 0. The summed E-state index contributed by atoms with van der Waals surface area (Å²) in [5, 5.41) is 7.83. The normalized spacial score (nSPS) is 11.7. The minimum absolute atomic E-state index is 0.536. The van der Waals surface area contributed by atoms with Gasteiger partial charge in [-0.1, -0.05) is 140 Å². The van der Waals surface area contributed by atoms with Gasteiger partial charge in [0.05, 0.1) is 5.52 Å². The first-order chi connectivity index (χ1) is 24.3. The van der Waals surface area contributed by atoms with Crippen molar-refractivity contribution in [1.29, 1.82) is 0 Å². The molecule has 5 nitrogen and oxygen atoms in total. The number of furan rings is 1. The van der Waals surface area contributed by atoms with Gasteiger partial charge in [0.1, 0.15) is 16.9 Å². The van der Waals surface area contributed by atoms with Crippen LogP contribution in [0.1, 0.15) is 0 Å². The highest BCUT2D eigenvalue weighted by Crippen LogP contribution is 2.38. The third-order valence-corrected chi connectivity index (χ3v) is 9.33. The number of nitrogens with zero attached hydrogens (tertiary/aromatic N) is 4. The molecule has 0 fully saturated rings. The van der Waals surface area contributed by atoms with Gasteiger partial charge in [-0.15, -0.1) is 0 Å². The lowest BCUT2D eigenvalue weighted by Crippen LogP contribution is -2.02. The monoisotopic (exact) mass is 626 g/mol. The predicted molar refractivity (Wildman–Crippen MR) is 199 cm³/mol. The molecule has 0 unspecified atom stereocenters. The zero-order valence-electron chi connectivity index (χ0n) is 26.2. The Kier molecular flexibility index (Phi) is 6.11. The summed E-state index contributed by atoms with van der Waals surface area (Å²) in [5.74, 6) is 1.73. The van der Waals surface area contributed by atoms with E-state index in [1.54, 1.807) is 0 Å². The summed E-state index contributed by atoms with van der Waals surface area (Å²) in [7, 11) is 0. The minimum Gasteiger partial charge on any atom is -0.456 e. The van der Waals surface area contributed by atoms with E-state index in [0.29, 0.717) is 17.5 Å². The van der Waals surface area contributed by atoms with Crippen molar-refractivity contribution in [3.05, 3.63) is 158 Å². The molecule has 228 valence electrons. The summed E-state index contributed by atoms with van der Waals surface area (Å²) in [6, 6.07) is 54.0. The Morgan fingerprint density at radius 2 is 0.959 bits per heavy atom. The summed E-state index contributed by atoms with van der Waals surface area (Å²) < 4.78 is 6.16. The highest BCUT2D eigenvalue weighted by atomic mass is 16.3. The standard InChI is InChI=1S/C44H26N4O/c1-2-12-29(13-3-1)42-46-43(30-23-21-28(22-24-30)32-18-10-20-38-40(32)35-17-8-9-19-37(35)49-38)48-44(47-42)41-34-16-7-6-15-33(34)39-31-14-5-4-11-27(31)25-26-36(39)45-41/h1-26H. The molecule has 3 aromatic heterocycles. The maximum Gasteiger partial charge on any atom is 0.183 e. The summed E-state index contributed by atoms with van der Waals surface area (Å²) >= 11 is 0. The van der Waals surface area contributed by atoms with Crippen molar-refractivity contribution in [3.63, 3.8) is 0 Å². The summed E-state index contributed by atoms with van der Waals surface area (Å²) in [4.78, 5) is 20.4. The first-order valence-corrected chi connectivity index (χ1v) is 16.3. The Morgan fingerprint density at radius 1 is 0.347 bits per heavy atom. The maximum absolute atomic E-state index is 6.16. The van der Waals surface area contributed by atoms with Crippen LogP contribution in [-0.2, 0) is 0 Å². The van der Waals surface area contributed by atoms with E-state index in [4.69, 9.17) is 24.4 Å². The Morgan fingerprint density at radius 3 is 1.78 bits per heavy atom. The number of pyridine rings is 1. The smallest absolute Gasteiger partial charge is 0.183 e. The molecule has 0 bridgehead atoms. The third-order valence-electron chi connectivity index (χ3n) is 9.33. The molecule has 0 radical (unpaired) electrons. The molecule has 0 saturated carbocycles. The van der Waals surface area contributed by atoms with Crippen LogP contribution in [0.3, 0.4) is 0 Å². The lowest BCUT2D eigenvalue weighted by atomic mass is 9.98. The molecule has 0 aliphatic carbocycles. The zero-order chi connectivity index (χ0) is 32.3. The van der Waals surface area contributed by atoms with Gasteiger partial charge >= 0.3 is 0 Å². The van der Waals surface area contributed by atoms with Crippen LogP contribution in [0.15, 0.2) is 162 Å².